The molecule has 0 fully saturated rings. The third-order valence-electron chi connectivity index (χ3n) is 5.15. The number of rotatable bonds is 6. The molecular weight excluding hydrogens is 350 g/mol. The van der Waals surface area contributed by atoms with Crippen LogP contribution >= 0.6 is 0 Å². The number of hydrogen-bond acceptors (Lipinski definition) is 4. The van der Waals surface area contributed by atoms with E-state index in [1.807, 2.05) is 22.8 Å². The number of nitrogens with zero attached hydrogens (tertiary/aromatic N) is 4. The Morgan fingerprint density at radius 1 is 1.11 bits per heavy atom. The largest absolute Gasteiger partial charge is 0.363 e. The van der Waals surface area contributed by atoms with Gasteiger partial charge in [-0.2, -0.15) is 0 Å². The molecule has 0 aliphatic carbocycles. The molecular formula is C22H25N5O. The number of benzene rings is 2. The topological polar surface area (TPSA) is 63.1 Å². The van der Waals surface area contributed by atoms with Gasteiger partial charge in [0.05, 0.1) is 0 Å². The average molecular weight is 375 g/mol. The van der Waals surface area contributed by atoms with Crippen LogP contribution in [0.4, 0.5) is 5.69 Å². The highest BCUT2D eigenvalue weighted by Gasteiger charge is 2.19. The van der Waals surface area contributed by atoms with Crippen LogP contribution in [0, 0.1) is 0 Å². The first kappa shape index (κ1) is 18.2. The predicted octanol–water partition coefficient (Wildman–Crippen LogP) is 3.35. The molecule has 0 unspecified atom stereocenters. The molecule has 1 aliphatic rings. The molecule has 6 nitrogen and oxygen atoms in total. The first-order chi connectivity index (χ1) is 13.6. The number of fused-ring (bicyclic) bond motifs is 1. The molecule has 0 saturated heterocycles. The van der Waals surface area contributed by atoms with Gasteiger partial charge in [-0.3, -0.25) is 4.79 Å². The highest BCUT2D eigenvalue weighted by Crippen LogP contribution is 2.28. The SMILES string of the molecule is CC(C)n1cnnc1CCNC(=O)c1cccc(N2Cc3ccccc3C2)c1. The Balaban J connectivity index is 1.38. The molecule has 0 saturated carbocycles. The Hall–Kier alpha value is -3.15. The van der Waals surface area contributed by atoms with Gasteiger partial charge < -0.3 is 14.8 Å². The Morgan fingerprint density at radius 2 is 1.86 bits per heavy atom. The lowest BCUT2D eigenvalue weighted by Gasteiger charge is -2.18. The third-order valence-corrected chi connectivity index (χ3v) is 5.15. The van der Waals surface area contributed by atoms with E-state index >= 15 is 0 Å². The summed E-state index contributed by atoms with van der Waals surface area (Å²) in [7, 11) is 0. The molecule has 1 amide bonds. The fourth-order valence-corrected chi connectivity index (χ4v) is 3.63. The van der Waals surface area contributed by atoms with Crippen LogP contribution in [-0.2, 0) is 19.5 Å². The standard InChI is InChI=1S/C22H25N5O/c1-16(2)27-15-24-25-21(27)10-11-23-22(28)17-8-5-9-20(12-17)26-13-18-6-3-4-7-19(18)14-26/h3-9,12,15-16H,10-11,13-14H2,1-2H3,(H,23,28). The molecule has 0 radical (unpaired) electrons. The second-order valence-corrected chi connectivity index (χ2v) is 7.43. The number of amides is 1. The van der Waals surface area contributed by atoms with Gasteiger partial charge in [0.2, 0.25) is 0 Å². The second kappa shape index (κ2) is 7.84. The molecule has 6 heteroatoms. The number of aromatic nitrogens is 3. The normalized spacial score (nSPS) is 13.0. The van der Waals surface area contributed by atoms with E-state index in [4.69, 9.17) is 0 Å². The molecule has 4 rings (SSSR count). The second-order valence-electron chi connectivity index (χ2n) is 7.43. The average Bonchev–Trinajstić information content (AvgIpc) is 3.35. The molecule has 3 aromatic rings. The summed E-state index contributed by atoms with van der Waals surface area (Å²) >= 11 is 0. The zero-order valence-electron chi connectivity index (χ0n) is 16.3. The molecule has 0 bridgehead atoms. The number of nitrogens with one attached hydrogen (secondary N) is 1. The number of hydrogen-bond donors (Lipinski definition) is 1. The summed E-state index contributed by atoms with van der Waals surface area (Å²) in [5.74, 6) is 0.827. The van der Waals surface area contributed by atoms with E-state index in [9.17, 15) is 4.79 Å². The zero-order valence-corrected chi connectivity index (χ0v) is 16.3. The number of carbonyl (C=O) groups is 1. The van der Waals surface area contributed by atoms with Gasteiger partial charge in [0, 0.05) is 43.3 Å². The number of carbonyl (C=O) groups excluding carboxylic acids is 1. The highest BCUT2D eigenvalue weighted by atomic mass is 16.1. The van der Waals surface area contributed by atoms with Crippen molar-refractivity contribution in [1.29, 1.82) is 0 Å². The van der Waals surface area contributed by atoms with Crippen LogP contribution in [0.2, 0.25) is 0 Å². The monoisotopic (exact) mass is 375 g/mol. The summed E-state index contributed by atoms with van der Waals surface area (Å²) in [6.45, 7) is 6.48. The molecule has 1 N–H and O–H groups in total. The molecule has 2 heterocycles. The molecule has 28 heavy (non-hydrogen) atoms. The van der Waals surface area contributed by atoms with Gasteiger partial charge in [-0.05, 0) is 43.2 Å². The van der Waals surface area contributed by atoms with Gasteiger partial charge in [0.1, 0.15) is 12.2 Å². The summed E-state index contributed by atoms with van der Waals surface area (Å²) in [5, 5.41) is 11.1. The van der Waals surface area contributed by atoms with Crippen LogP contribution in [-0.4, -0.2) is 27.2 Å². The van der Waals surface area contributed by atoms with Gasteiger partial charge in [-0.15, -0.1) is 10.2 Å². The minimum absolute atomic E-state index is 0.0610. The Labute approximate surface area is 165 Å². The zero-order chi connectivity index (χ0) is 19.5. The first-order valence-corrected chi connectivity index (χ1v) is 9.70. The first-order valence-electron chi connectivity index (χ1n) is 9.70. The molecule has 1 aromatic heterocycles. The summed E-state index contributed by atoms with van der Waals surface area (Å²) in [6.07, 6.45) is 2.39. The van der Waals surface area contributed by atoms with Crippen LogP contribution in [0.25, 0.3) is 0 Å². The van der Waals surface area contributed by atoms with Crippen LogP contribution in [0.3, 0.4) is 0 Å². The van der Waals surface area contributed by atoms with Crippen molar-refractivity contribution in [2.24, 2.45) is 0 Å². The van der Waals surface area contributed by atoms with Gasteiger partial charge in [0.25, 0.3) is 5.91 Å². The van der Waals surface area contributed by atoms with Crippen molar-refractivity contribution in [3.63, 3.8) is 0 Å². The van der Waals surface area contributed by atoms with Crippen LogP contribution < -0.4 is 10.2 Å². The van der Waals surface area contributed by atoms with E-state index in [1.165, 1.54) is 11.1 Å². The fraction of sp³-hybridized carbons (Fsp3) is 0.318. The lowest BCUT2D eigenvalue weighted by Crippen LogP contribution is -2.27. The minimum atomic E-state index is -0.0610. The molecule has 0 atom stereocenters. The van der Waals surface area contributed by atoms with Crippen molar-refractivity contribution in [2.45, 2.75) is 39.4 Å². The van der Waals surface area contributed by atoms with Crippen LogP contribution in [0.5, 0.6) is 0 Å². The van der Waals surface area contributed by atoms with E-state index in [1.54, 1.807) is 6.33 Å². The Bertz CT molecular complexity index is 953. The lowest BCUT2D eigenvalue weighted by molar-refractivity contribution is 0.0954. The number of anilines is 1. The minimum Gasteiger partial charge on any atom is -0.363 e. The smallest absolute Gasteiger partial charge is 0.251 e. The van der Waals surface area contributed by atoms with Crippen molar-refractivity contribution in [3.8, 4) is 0 Å². The maximum atomic E-state index is 12.6. The molecule has 0 spiro atoms. The third kappa shape index (κ3) is 3.76. The van der Waals surface area contributed by atoms with Crippen molar-refractivity contribution >= 4 is 11.6 Å². The summed E-state index contributed by atoms with van der Waals surface area (Å²) < 4.78 is 2.03. The Kier molecular flexibility index (Phi) is 5.10. The van der Waals surface area contributed by atoms with Crippen molar-refractivity contribution in [1.82, 2.24) is 20.1 Å². The summed E-state index contributed by atoms with van der Waals surface area (Å²) in [4.78, 5) is 14.9. The van der Waals surface area contributed by atoms with Crippen molar-refractivity contribution < 1.29 is 4.79 Å². The summed E-state index contributed by atoms with van der Waals surface area (Å²) in [6, 6.07) is 16.6. The fourth-order valence-electron chi connectivity index (χ4n) is 3.63. The van der Waals surface area contributed by atoms with Gasteiger partial charge >= 0.3 is 0 Å². The van der Waals surface area contributed by atoms with Crippen LogP contribution in [0.15, 0.2) is 54.9 Å². The molecule has 1 aliphatic heterocycles. The van der Waals surface area contributed by atoms with Crippen molar-refractivity contribution in [3.05, 3.63) is 77.4 Å². The van der Waals surface area contributed by atoms with E-state index in [-0.39, 0.29) is 5.91 Å². The highest BCUT2D eigenvalue weighted by molar-refractivity contribution is 5.95. The lowest BCUT2D eigenvalue weighted by atomic mass is 10.1. The van der Waals surface area contributed by atoms with E-state index < -0.39 is 0 Å². The quantitative estimate of drug-likeness (QED) is 0.718. The van der Waals surface area contributed by atoms with Crippen molar-refractivity contribution in [2.75, 3.05) is 11.4 Å². The molecule has 2 aromatic carbocycles. The van der Waals surface area contributed by atoms with E-state index in [0.29, 0.717) is 24.6 Å². The maximum absolute atomic E-state index is 12.6. The van der Waals surface area contributed by atoms with Gasteiger partial charge in [-0.1, -0.05) is 30.3 Å². The van der Waals surface area contributed by atoms with E-state index in [2.05, 4.69) is 64.6 Å². The van der Waals surface area contributed by atoms with Gasteiger partial charge in [-0.25, -0.2) is 0 Å². The maximum Gasteiger partial charge on any atom is 0.251 e. The van der Waals surface area contributed by atoms with Crippen LogP contribution in [0.1, 0.15) is 47.2 Å². The predicted molar refractivity (Wildman–Crippen MR) is 109 cm³/mol. The van der Waals surface area contributed by atoms with Gasteiger partial charge in [0.15, 0.2) is 0 Å². The van der Waals surface area contributed by atoms with E-state index in [0.717, 1.165) is 24.6 Å². The summed E-state index contributed by atoms with van der Waals surface area (Å²) in [5.41, 5.74) is 4.46. The Morgan fingerprint density at radius 3 is 2.57 bits per heavy atom. The molecule has 144 valence electrons.